The molecule has 21 heavy (non-hydrogen) atoms. The first-order chi connectivity index (χ1) is 9.65. The highest BCUT2D eigenvalue weighted by Crippen LogP contribution is 2.61. The highest BCUT2D eigenvalue weighted by atomic mass is 28.4. The Morgan fingerprint density at radius 1 is 1.33 bits per heavy atom. The monoisotopic (exact) mass is 304 g/mol. The minimum atomic E-state index is -1.68. The van der Waals surface area contributed by atoms with E-state index >= 15 is 0 Å². The van der Waals surface area contributed by atoms with E-state index in [2.05, 4.69) is 52.6 Å². The summed E-state index contributed by atoms with van der Waals surface area (Å²) in [6.45, 7) is 16.3. The fraction of sp³-hybridized carbons (Fsp3) is 0.789. The van der Waals surface area contributed by atoms with Gasteiger partial charge in [-0.1, -0.05) is 45.1 Å². The third-order valence-corrected chi connectivity index (χ3v) is 11.3. The lowest BCUT2D eigenvalue weighted by Gasteiger charge is -2.48. The first-order valence-corrected chi connectivity index (χ1v) is 11.6. The smallest absolute Gasteiger partial charge is 0.192 e. The van der Waals surface area contributed by atoms with E-state index in [1.807, 2.05) is 0 Å². The van der Waals surface area contributed by atoms with Gasteiger partial charge in [0.2, 0.25) is 0 Å². The van der Waals surface area contributed by atoms with Gasteiger partial charge in [-0.05, 0) is 61.6 Å². The highest BCUT2D eigenvalue weighted by molar-refractivity contribution is 6.74. The van der Waals surface area contributed by atoms with Crippen molar-refractivity contribution in [3.63, 3.8) is 0 Å². The Hall–Kier alpha value is -0.343. The lowest BCUT2D eigenvalue weighted by molar-refractivity contribution is 0.0310. The molecule has 0 N–H and O–H groups in total. The third-order valence-electron chi connectivity index (χ3n) is 6.84. The second-order valence-electron chi connectivity index (χ2n) is 9.21. The summed E-state index contributed by atoms with van der Waals surface area (Å²) in [6, 6.07) is 0. The van der Waals surface area contributed by atoms with Crippen molar-refractivity contribution in [2.75, 3.05) is 0 Å². The van der Waals surface area contributed by atoms with E-state index in [4.69, 9.17) is 4.43 Å². The van der Waals surface area contributed by atoms with Gasteiger partial charge in [-0.2, -0.15) is 0 Å². The molecule has 3 rings (SSSR count). The molecule has 3 aliphatic carbocycles. The zero-order valence-corrected chi connectivity index (χ0v) is 15.5. The Morgan fingerprint density at radius 3 is 2.71 bits per heavy atom. The minimum absolute atomic E-state index is 0.300. The van der Waals surface area contributed by atoms with Gasteiger partial charge >= 0.3 is 0 Å². The highest BCUT2D eigenvalue weighted by Gasteiger charge is 2.54. The Kier molecular flexibility index (Phi) is 3.57. The second kappa shape index (κ2) is 4.83. The van der Waals surface area contributed by atoms with Crippen LogP contribution in [0.25, 0.3) is 0 Å². The molecule has 2 saturated carbocycles. The zero-order chi connectivity index (χ0) is 15.5. The van der Waals surface area contributed by atoms with Crippen molar-refractivity contribution in [1.29, 1.82) is 0 Å². The van der Waals surface area contributed by atoms with Crippen molar-refractivity contribution in [2.24, 2.45) is 17.3 Å². The van der Waals surface area contributed by atoms with Gasteiger partial charge < -0.3 is 4.43 Å². The molecule has 0 aromatic heterocycles. The lowest BCUT2D eigenvalue weighted by Crippen LogP contribution is -2.48. The van der Waals surface area contributed by atoms with Crippen molar-refractivity contribution in [1.82, 2.24) is 0 Å². The van der Waals surface area contributed by atoms with Gasteiger partial charge in [0.1, 0.15) is 0 Å². The molecule has 0 aromatic carbocycles. The molecule has 0 aliphatic heterocycles. The SMILES string of the molecule is C=C1C[C@@]23C=CCC[C@@H]2C[C@@H](O[Si](C)(C)C(C)(C)C)[C@@H]1C3. The predicted molar refractivity (Wildman–Crippen MR) is 92.8 cm³/mol. The molecule has 0 aromatic rings. The summed E-state index contributed by atoms with van der Waals surface area (Å²) in [6.07, 6.45) is 11.8. The normalized spacial score (nSPS) is 39.5. The molecule has 1 nitrogen and oxygen atoms in total. The Bertz CT molecular complexity index is 470. The van der Waals surface area contributed by atoms with Crippen molar-refractivity contribution in [3.8, 4) is 0 Å². The van der Waals surface area contributed by atoms with Gasteiger partial charge in [0.25, 0.3) is 0 Å². The number of hydrogen-bond acceptors (Lipinski definition) is 1. The van der Waals surface area contributed by atoms with E-state index in [1.54, 1.807) is 0 Å². The summed E-state index contributed by atoms with van der Waals surface area (Å²) < 4.78 is 6.84. The fourth-order valence-corrected chi connectivity index (χ4v) is 5.90. The number of allylic oxidation sites excluding steroid dienone is 2. The largest absolute Gasteiger partial charge is 0.413 e. The van der Waals surface area contributed by atoms with Gasteiger partial charge in [0, 0.05) is 5.92 Å². The topological polar surface area (TPSA) is 9.23 Å². The molecule has 2 fully saturated rings. The standard InChI is InChI=1S/C19H32OSi/c1-14-12-19-10-8-7-9-15(19)11-17(16(14)13-19)20-21(5,6)18(2,3)4/h8,10,15-17H,1,7,9,11-13H2,2-6H3/t15-,16-,17-,19-/m1/s1. The summed E-state index contributed by atoms with van der Waals surface area (Å²) in [5.74, 6) is 1.44. The summed E-state index contributed by atoms with van der Waals surface area (Å²) in [5.41, 5.74) is 1.92. The van der Waals surface area contributed by atoms with Crippen LogP contribution >= 0.6 is 0 Å². The van der Waals surface area contributed by atoms with Crippen LogP contribution in [0.3, 0.4) is 0 Å². The van der Waals surface area contributed by atoms with Crippen molar-refractivity contribution < 1.29 is 4.43 Å². The van der Waals surface area contributed by atoms with Crippen LogP contribution in [0.4, 0.5) is 0 Å². The van der Waals surface area contributed by atoms with E-state index in [9.17, 15) is 0 Å². The molecule has 0 amide bonds. The summed E-state index contributed by atoms with van der Waals surface area (Å²) in [7, 11) is -1.68. The lowest BCUT2D eigenvalue weighted by atomic mass is 9.63. The van der Waals surface area contributed by atoms with E-state index in [1.165, 1.54) is 37.7 Å². The molecule has 118 valence electrons. The molecule has 3 aliphatic rings. The molecule has 0 unspecified atom stereocenters. The Balaban J connectivity index is 1.83. The number of hydrogen-bond donors (Lipinski definition) is 0. The molecule has 2 bridgehead atoms. The zero-order valence-electron chi connectivity index (χ0n) is 14.5. The van der Waals surface area contributed by atoms with Crippen molar-refractivity contribution >= 4 is 8.32 Å². The summed E-state index contributed by atoms with van der Waals surface area (Å²) >= 11 is 0. The van der Waals surface area contributed by atoms with Crippen molar-refractivity contribution in [3.05, 3.63) is 24.3 Å². The fourth-order valence-electron chi connectivity index (χ4n) is 4.53. The predicted octanol–water partition coefficient (Wildman–Crippen LogP) is 5.70. The summed E-state index contributed by atoms with van der Waals surface area (Å²) in [5, 5.41) is 0.300. The number of rotatable bonds is 2. The quantitative estimate of drug-likeness (QED) is 0.470. The first-order valence-electron chi connectivity index (χ1n) is 8.68. The van der Waals surface area contributed by atoms with Gasteiger partial charge in [-0.25, -0.2) is 0 Å². The van der Waals surface area contributed by atoms with Crippen LogP contribution in [-0.2, 0) is 4.43 Å². The molecule has 0 saturated heterocycles. The molecule has 1 spiro atoms. The number of fused-ring (bicyclic) bond motifs is 1. The molecular weight excluding hydrogens is 272 g/mol. The summed E-state index contributed by atoms with van der Waals surface area (Å²) in [4.78, 5) is 0. The third kappa shape index (κ3) is 2.49. The van der Waals surface area contributed by atoms with Crippen LogP contribution in [0.5, 0.6) is 0 Å². The molecule has 2 heteroatoms. The van der Waals surface area contributed by atoms with E-state index in [0.29, 0.717) is 22.5 Å². The van der Waals surface area contributed by atoms with Crippen LogP contribution in [-0.4, -0.2) is 14.4 Å². The molecule has 4 atom stereocenters. The average Bonchev–Trinajstić information content (AvgIpc) is 2.63. The Labute approximate surface area is 132 Å². The maximum atomic E-state index is 6.84. The van der Waals surface area contributed by atoms with Gasteiger partial charge in [0.05, 0.1) is 6.10 Å². The van der Waals surface area contributed by atoms with Crippen molar-refractivity contribution in [2.45, 2.75) is 77.1 Å². The molecule has 0 radical (unpaired) electrons. The maximum Gasteiger partial charge on any atom is 0.192 e. The van der Waals surface area contributed by atoms with E-state index in [-0.39, 0.29) is 0 Å². The van der Waals surface area contributed by atoms with Crippen LogP contribution in [0.1, 0.15) is 52.9 Å². The minimum Gasteiger partial charge on any atom is -0.413 e. The first kappa shape index (κ1) is 15.5. The van der Waals surface area contributed by atoms with Gasteiger partial charge in [0.15, 0.2) is 8.32 Å². The maximum absolute atomic E-state index is 6.84. The van der Waals surface area contributed by atoms with Gasteiger partial charge in [-0.15, -0.1) is 0 Å². The van der Waals surface area contributed by atoms with Crippen LogP contribution in [0.15, 0.2) is 24.3 Å². The van der Waals surface area contributed by atoms with E-state index in [0.717, 1.165) is 5.92 Å². The van der Waals surface area contributed by atoms with Crippen LogP contribution in [0.2, 0.25) is 18.1 Å². The van der Waals surface area contributed by atoms with E-state index < -0.39 is 8.32 Å². The average molecular weight is 305 g/mol. The van der Waals surface area contributed by atoms with Gasteiger partial charge in [-0.3, -0.25) is 0 Å². The van der Waals surface area contributed by atoms with Crippen LogP contribution in [0, 0.1) is 17.3 Å². The Morgan fingerprint density at radius 2 is 2.05 bits per heavy atom. The molecular formula is C19H32OSi. The molecule has 0 heterocycles. The van der Waals surface area contributed by atoms with Crippen LogP contribution < -0.4 is 0 Å². The second-order valence-corrected chi connectivity index (χ2v) is 14.0.